The number of alkyl halides is 2. The molecule has 6 heteroatoms. The summed E-state index contributed by atoms with van der Waals surface area (Å²) >= 11 is -1.57. The molecule has 1 aromatic rings. The molecule has 0 aliphatic heterocycles. The molecule has 124 valence electrons. The third kappa shape index (κ3) is 3.85. The second-order valence-corrected chi connectivity index (χ2v) is 8.25. The van der Waals surface area contributed by atoms with Gasteiger partial charge in [0.15, 0.2) is 4.90 Å². The molecule has 0 aromatic heterocycles. The zero-order chi connectivity index (χ0) is 16.7. The van der Waals surface area contributed by atoms with Crippen molar-refractivity contribution in [2.24, 2.45) is 11.3 Å². The quantitative estimate of drug-likeness (QED) is 0.851. The Kier molecular flexibility index (Phi) is 4.39. The van der Waals surface area contributed by atoms with Crippen LogP contribution in [-0.4, -0.2) is 16.5 Å². The van der Waals surface area contributed by atoms with E-state index in [0.717, 1.165) is 18.4 Å². The molecule has 0 saturated heterocycles. The minimum absolute atomic E-state index is 0.0598. The third-order valence-corrected chi connectivity index (χ3v) is 6.09. The van der Waals surface area contributed by atoms with Crippen LogP contribution in [0.4, 0.5) is 8.78 Å². The second-order valence-electron chi connectivity index (χ2n) is 7.01. The standard InChI is InChI=1S/C17H20F2N2OS/c1-12-2-4-14(5-3-12)23(22)21-15(10-20)13-8-16(6-7-16)11-17(18,19)9-13/h2-5,13,15,21H,6-9,11H2,1H3/t13-,15-,23?/m1/s1. The van der Waals surface area contributed by atoms with Crippen molar-refractivity contribution in [2.75, 3.05) is 0 Å². The van der Waals surface area contributed by atoms with Gasteiger partial charge < -0.3 is 4.55 Å². The van der Waals surface area contributed by atoms with Crippen molar-refractivity contribution < 1.29 is 13.3 Å². The number of nitrogens with zero attached hydrogens (tertiary/aromatic N) is 1. The first-order valence-electron chi connectivity index (χ1n) is 7.85. The number of nitriles is 1. The van der Waals surface area contributed by atoms with Crippen LogP contribution < -0.4 is 4.72 Å². The summed E-state index contributed by atoms with van der Waals surface area (Å²) in [6.45, 7) is 1.93. The molecule has 3 atom stereocenters. The molecular weight excluding hydrogens is 318 g/mol. The van der Waals surface area contributed by atoms with Gasteiger partial charge in [-0.15, -0.1) is 4.72 Å². The number of hydrogen-bond acceptors (Lipinski definition) is 3. The van der Waals surface area contributed by atoms with Crippen LogP contribution in [0.25, 0.3) is 0 Å². The number of benzene rings is 1. The van der Waals surface area contributed by atoms with E-state index in [1.165, 1.54) is 0 Å². The molecule has 0 bridgehead atoms. The monoisotopic (exact) mass is 338 g/mol. The van der Waals surface area contributed by atoms with Crippen molar-refractivity contribution in [3.8, 4) is 6.07 Å². The van der Waals surface area contributed by atoms with Crippen LogP contribution in [0.5, 0.6) is 0 Å². The van der Waals surface area contributed by atoms with E-state index in [-0.39, 0.29) is 18.3 Å². The second kappa shape index (κ2) is 6.04. The van der Waals surface area contributed by atoms with Crippen molar-refractivity contribution in [2.45, 2.75) is 55.9 Å². The highest BCUT2D eigenvalue weighted by molar-refractivity contribution is 7.89. The molecule has 0 heterocycles. The predicted octanol–water partition coefficient (Wildman–Crippen LogP) is 3.72. The Bertz CT molecular complexity index is 604. The van der Waals surface area contributed by atoms with Gasteiger partial charge in [0.25, 0.3) is 0 Å². The van der Waals surface area contributed by atoms with Crippen LogP contribution >= 0.6 is 0 Å². The smallest absolute Gasteiger partial charge is 0.249 e. The number of rotatable bonds is 4. The number of halogens is 2. The van der Waals surface area contributed by atoms with E-state index in [1.807, 2.05) is 25.1 Å². The summed E-state index contributed by atoms with van der Waals surface area (Å²) in [7, 11) is 0. The Labute approximate surface area is 138 Å². The van der Waals surface area contributed by atoms with Gasteiger partial charge in [-0.1, -0.05) is 17.7 Å². The van der Waals surface area contributed by atoms with Crippen molar-refractivity contribution in [3.63, 3.8) is 0 Å². The maximum Gasteiger partial charge on any atom is 0.249 e. The minimum atomic E-state index is -2.72. The molecule has 23 heavy (non-hydrogen) atoms. The maximum absolute atomic E-state index is 14.0. The van der Waals surface area contributed by atoms with Crippen LogP contribution in [-0.2, 0) is 11.4 Å². The normalized spacial score (nSPS) is 27.2. The van der Waals surface area contributed by atoms with Crippen molar-refractivity contribution >= 4 is 11.4 Å². The fraction of sp³-hybridized carbons (Fsp3) is 0.588. The minimum Gasteiger partial charge on any atom is -0.593 e. The molecule has 2 aliphatic carbocycles. The third-order valence-electron chi connectivity index (χ3n) is 4.93. The van der Waals surface area contributed by atoms with Gasteiger partial charge in [0.05, 0.1) is 17.4 Å². The van der Waals surface area contributed by atoms with E-state index in [1.54, 1.807) is 12.1 Å². The van der Waals surface area contributed by atoms with Gasteiger partial charge in [0, 0.05) is 12.8 Å². The molecule has 1 unspecified atom stereocenters. The van der Waals surface area contributed by atoms with Crippen LogP contribution in [0.15, 0.2) is 29.2 Å². The molecule has 2 aliphatic rings. The Balaban J connectivity index is 1.70. The Morgan fingerprint density at radius 1 is 1.30 bits per heavy atom. The summed E-state index contributed by atoms with van der Waals surface area (Å²) in [6.07, 6.45) is 1.90. The van der Waals surface area contributed by atoms with Crippen molar-refractivity contribution in [3.05, 3.63) is 29.8 Å². The summed E-state index contributed by atoms with van der Waals surface area (Å²) in [6, 6.07) is 8.36. The van der Waals surface area contributed by atoms with E-state index in [4.69, 9.17) is 0 Å². The SMILES string of the molecule is Cc1ccc([S+]([O-])N[C@H](C#N)[C@H]2CC(F)(F)CC3(CC3)C2)cc1. The Hall–Kier alpha value is -1.16. The average molecular weight is 338 g/mol. The molecular formula is C17H20F2N2OS. The zero-order valence-electron chi connectivity index (χ0n) is 13.0. The van der Waals surface area contributed by atoms with E-state index >= 15 is 0 Å². The van der Waals surface area contributed by atoms with Crippen LogP contribution in [0.1, 0.15) is 37.7 Å². The molecule has 2 saturated carbocycles. The fourth-order valence-corrected chi connectivity index (χ4v) is 4.57. The van der Waals surface area contributed by atoms with Crippen molar-refractivity contribution in [1.82, 2.24) is 4.72 Å². The molecule has 3 nitrogen and oxygen atoms in total. The van der Waals surface area contributed by atoms with Crippen LogP contribution in [0, 0.1) is 29.6 Å². The highest BCUT2D eigenvalue weighted by atomic mass is 32.2. The topological polar surface area (TPSA) is 58.9 Å². The first-order chi connectivity index (χ1) is 10.8. The van der Waals surface area contributed by atoms with Gasteiger partial charge in [0.2, 0.25) is 5.92 Å². The summed E-state index contributed by atoms with van der Waals surface area (Å²) in [4.78, 5) is 0.555. The van der Waals surface area contributed by atoms with Gasteiger partial charge in [-0.05, 0) is 49.7 Å². The number of hydrogen-bond donors (Lipinski definition) is 1. The lowest BCUT2D eigenvalue weighted by atomic mass is 9.74. The Morgan fingerprint density at radius 3 is 2.52 bits per heavy atom. The summed E-state index contributed by atoms with van der Waals surface area (Å²) in [5.41, 5.74) is 0.763. The lowest BCUT2D eigenvalue weighted by Crippen LogP contribution is -2.45. The van der Waals surface area contributed by atoms with Gasteiger partial charge in [-0.2, -0.15) is 5.26 Å². The van der Waals surface area contributed by atoms with Gasteiger partial charge >= 0.3 is 0 Å². The number of aryl methyl sites for hydroxylation is 1. The highest BCUT2D eigenvalue weighted by Gasteiger charge is 2.57. The Morgan fingerprint density at radius 2 is 1.96 bits per heavy atom. The summed E-state index contributed by atoms with van der Waals surface area (Å²) in [5, 5.41) is 9.39. The van der Waals surface area contributed by atoms with Gasteiger partial charge in [0.1, 0.15) is 6.04 Å². The first kappa shape index (κ1) is 16.7. The van der Waals surface area contributed by atoms with E-state index in [0.29, 0.717) is 11.3 Å². The lowest BCUT2D eigenvalue weighted by Gasteiger charge is -2.36. The summed E-state index contributed by atoms with van der Waals surface area (Å²) < 4.78 is 43.1. The first-order valence-corrected chi connectivity index (χ1v) is 9.00. The van der Waals surface area contributed by atoms with Crippen molar-refractivity contribution in [1.29, 1.82) is 5.26 Å². The zero-order valence-corrected chi connectivity index (χ0v) is 13.8. The van der Waals surface area contributed by atoms with Crippen LogP contribution in [0.2, 0.25) is 0 Å². The predicted molar refractivity (Wildman–Crippen MR) is 84.1 cm³/mol. The molecule has 2 fully saturated rings. The largest absolute Gasteiger partial charge is 0.593 e. The van der Waals surface area contributed by atoms with E-state index in [2.05, 4.69) is 4.72 Å². The molecule has 3 rings (SSSR count). The number of nitrogens with one attached hydrogen (secondary N) is 1. The highest BCUT2D eigenvalue weighted by Crippen LogP contribution is 2.61. The maximum atomic E-state index is 14.0. The van der Waals surface area contributed by atoms with Crippen LogP contribution in [0.3, 0.4) is 0 Å². The van der Waals surface area contributed by atoms with Gasteiger partial charge in [-0.3, -0.25) is 0 Å². The lowest BCUT2D eigenvalue weighted by molar-refractivity contribution is -0.0804. The average Bonchev–Trinajstić information content (AvgIpc) is 3.21. The van der Waals surface area contributed by atoms with E-state index in [9.17, 15) is 18.6 Å². The molecule has 1 spiro atoms. The molecule has 0 amide bonds. The molecule has 1 aromatic carbocycles. The van der Waals surface area contributed by atoms with E-state index < -0.39 is 29.2 Å². The fourth-order valence-electron chi connectivity index (χ4n) is 3.57. The molecule has 0 radical (unpaired) electrons. The molecule has 1 N–H and O–H groups in total. The van der Waals surface area contributed by atoms with Gasteiger partial charge in [-0.25, -0.2) is 8.78 Å². The summed E-state index contributed by atoms with van der Waals surface area (Å²) in [5.74, 6) is -3.18.